The van der Waals surface area contributed by atoms with Crippen molar-refractivity contribution >= 4 is 0 Å². The van der Waals surface area contributed by atoms with E-state index in [1.54, 1.807) is 0 Å². The second-order valence-electron chi connectivity index (χ2n) is 5.39. The van der Waals surface area contributed by atoms with E-state index in [0.29, 0.717) is 5.92 Å². The highest BCUT2D eigenvalue weighted by Gasteiger charge is 2.31. The van der Waals surface area contributed by atoms with Crippen LogP contribution in [0, 0.1) is 12.8 Å². The van der Waals surface area contributed by atoms with Crippen LogP contribution in [0.4, 0.5) is 0 Å². The number of aliphatic hydroxyl groups is 1. The van der Waals surface area contributed by atoms with Crippen molar-refractivity contribution in [2.24, 2.45) is 5.92 Å². The molecular weight excluding hydrogens is 222 g/mol. The van der Waals surface area contributed by atoms with Gasteiger partial charge in [0.05, 0.1) is 6.10 Å². The van der Waals surface area contributed by atoms with Crippen LogP contribution >= 0.6 is 0 Å². The van der Waals surface area contributed by atoms with Gasteiger partial charge in [-0.3, -0.25) is 0 Å². The maximum atomic E-state index is 10.1. The molecule has 0 amide bonds. The molecule has 1 saturated carbocycles. The molecule has 1 atom stereocenters. The summed E-state index contributed by atoms with van der Waals surface area (Å²) in [7, 11) is 0. The topological polar surface area (TPSA) is 25.2 Å². The maximum Gasteiger partial charge on any atom is 0.0832 e. The molecule has 2 nitrogen and oxygen atoms in total. The van der Waals surface area contributed by atoms with Gasteiger partial charge in [0.1, 0.15) is 0 Å². The Labute approximate surface area is 108 Å². The van der Waals surface area contributed by atoms with Crippen LogP contribution in [0.1, 0.15) is 35.6 Å². The van der Waals surface area contributed by atoms with Gasteiger partial charge in [-0.2, -0.15) is 0 Å². The zero-order chi connectivity index (χ0) is 12.5. The molecule has 1 N–H and O–H groups in total. The predicted octanol–water partition coefficient (Wildman–Crippen LogP) is 3.29. The average Bonchev–Trinajstić information content (AvgIpc) is 3.09. The number of aliphatic hydroxyl groups excluding tert-OH is 1. The van der Waals surface area contributed by atoms with Crippen LogP contribution in [0.2, 0.25) is 0 Å². The summed E-state index contributed by atoms with van der Waals surface area (Å²) >= 11 is 0. The number of hydrogen-bond donors (Lipinski definition) is 1. The third kappa shape index (κ3) is 2.49. The van der Waals surface area contributed by atoms with E-state index in [1.165, 1.54) is 24.0 Å². The Bertz CT molecular complexity index is 540. The molecule has 1 heterocycles. The summed E-state index contributed by atoms with van der Waals surface area (Å²) in [6.45, 7) is 2.99. The van der Waals surface area contributed by atoms with Gasteiger partial charge in [-0.15, -0.1) is 0 Å². The lowest BCUT2D eigenvalue weighted by Crippen LogP contribution is -1.99. The summed E-state index contributed by atoms with van der Waals surface area (Å²) in [4.78, 5) is 0. The summed E-state index contributed by atoms with van der Waals surface area (Å²) in [5, 5.41) is 10.1. The standard InChI is InChI=1S/C16H19NO/c1-12-3-2-4-13(9-12)10-17-8-7-15(11-17)16(18)14-5-6-14/h2-4,7-9,11,14,16,18H,5-6,10H2,1H3. The Hall–Kier alpha value is -1.54. The van der Waals surface area contributed by atoms with E-state index in [2.05, 4.69) is 48.1 Å². The molecule has 0 bridgehead atoms. The molecule has 0 spiro atoms. The number of aryl methyl sites for hydroxylation is 1. The van der Waals surface area contributed by atoms with Crippen LogP contribution in [0.25, 0.3) is 0 Å². The normalized spacial score (nSPS) is 16.8. The lowest BCUT2D eigenvalue weighted by molar-refractivity contribution is 0.154. The van der Waals surface area contributed by atoms with Gasteiger partial charge in [0.25, 0.3) is 0 Å². The summed E-state index contributed by atoms with van der Waals surface area (Å²) in [6.07, 6.45) is 6.21. The van der Waals surface area contributed by atoms with Crippen molar-refractivity contribution in [3.8, 4) is 0 Å². The minimum Gasteiger partial charge on any atom is -0.388 e. The fourth-order valence-electron chi connectivity index (χ4n) is 2.44. The summed E-state index contributed by atoms with van der Waals surface area (Å²) in [6, 6.07) is 10.6. The molecule has 1 aromatic heterocycles. The van der Waals surface area contributed by atoms with Crippen LogP contribution in [0.5, 0.6) is 0 Å². The summed E-state index contributed by atoms with van der Waals surface area (Å²) in [5.74, 6) is 0.500. The minimum atomic E-state index is -0.260. The number of aromatic nitrogens is 1. The van der Waals surface area contributed by atoms with Crippen LogP contribution in [0.15, 0.2) is 42.7 Å². The summed E-state index contributed by atoms with van der Waals surface area (Å²) in [5.41, 5.74) is 3.65. The molecule has 1 fully saturated rings. The highest BCUT2D eigenvalue weighted by molar-refractivity contribution is 5.24. The second kappa shape index (κ2) is 4.62. The largest absolute Gasteiger partial charge is 0.388 e. The highest BCUT2D eigenvalue weighted by Crippen LogP contribution is 2.40. The van der Waals surface area contributed by atoms with Gasteiger partial charge in [0.15, 0.2) is 0 Å². The van der Waals surface area contributed by atoms with Crippen molar-refractivity contribution in [1.29, 1.82) is 0 Å². The number of nitrogens with zero attached hydrogens (tertiary/aromatic N) is 1. The quantitative estimate of drug-likeness (QED) is 0.873. The van der Waals surface area contributed by atoms with E-state index >= 15 is 0 Å². The Morgan fingerprint density at radius 2 is 2.17 bits per heavy atom. The van der Waals surface area contributed by atoms with Gasteiger partial charge in [-0.05, 0) is 42.9 Å². The van der Waals surface area contributed by atoms with E-state index in [1.807, 2.05) is 6.07 Å². The van der Waals surface area contributed by atoms with Gasteiger partial charge in [-0.1, -0.05) is 29.8 Å². The zero-order valence-corrected chi connectivity index (χ0v) is 10.7. The van der Waals surface area contributed by atoms with E-state index in [4.69, 9.17) is 0 Å². The average molecular weight is 241 g/mol. The molecular formula is C16H19NO. The monoisotopic (exact) mass is 241 g/mol. The SMILES string of the molecule is Cc1cccc(Cn2ccc(C(O)C3CC3)c2)c1. The van der Waals surface area contributed by atoms with Gasteiger partial charge in [0.2, 0.25) is 0 Å². The molecule has 94 valence electrons. The molecule has 0 saturated heterocycles. The maximum absolute atomic E-state index is 10.1. The molecule has 0 radical (unpaired) electrons. The van der Waals surface area contributed by atoms with Gasteiger partial charge in [-0.25, -0.2) is 0 Å². The van der Waals surface area contributed by atoms with Gasteiger partial charge in [0, 0.05) is 18.9 Å². The van der Waals surface area contributed by atoms with Crippen molar-refractivity contribution in [3.63, 3.8) is 0 Å². The lowest BCUT2D eigenvalue weighted by atomic mass is 10.1. The van der Waals surface area contributed by atoms with Crippen LogP contribution in [-0.2, 0) is 6.54 Å². The molecule has 1 aromatic carbocycles. The Kier molecular flexibility index (Phi) is 2.96. The molecule has 1 unspecified atom stereocenters. The fourth-order valence-corrected chi connectivity index (χ4v) is 2.44. The minimum absolute atomic E-state index is 0.260. The first kappa shape index (κ1) is 11.5. The molecule has 2 aromatic rings. The van der Waals surface area contributed by atoms with Crippen molar-refractivity contribution in [2.45, 2.75) is 32.4 Å². The van der Waals surface area contributed by atoms with E-state index in [9.17, 15) is 5.11 Å². The van der Waals surface area contributed by atoms with E-state index in [0.717, 1.165) is 12.1 Å². The third-order valence-corrected chi connectivity index (χ3v) is 3.63. The van der Waals surface area contributed by atoms with Crippen LogP contribution in [0.3, 0.4) is 0 Å². The van der Waals surface area contributed by atoms with Crippen molar-refractivity contribution in [3.05, 3.63) is 59.4 Å². The number of hydrogen-bond acceptors (Lipinski definition) is 1. The fraction of sp³-hybridized carbons (Fsp3) is 0.375. The Balaban J connectivity index is 1.73. The molecule has 18 heavy (non-hydrogen) atoms. The predicted molar refractivity (Wildman–Crippen MR) is 72.4 cm³/mol. The molecule has 0 aliphatic heterocycles. The molecule has 2 heteroatoms. The zero-order valence-electron chi connectivity index (χ0n) is 10.7. The molecule has 1 aliphatic rings. The summed E-state index contributed by atoms with van der Waals surface area (Å²) < 4.78 is 2.15. The van der Waals surface area contributed by atoms with Crippen LogP contribution in [-0.4, -0.2) is 9.67 Å². The first-order valence-electron chi connectivity index (χ1n) is 6.61. The van der Waals surface area contributed by atoms with Crippen molar-refractivity contribution in [1.82, 2.24) is 4.57 Å². The van der Waals surface area contributed by atoms with Gasteiger partial charge >= 0.3 is 0 Å². The van der Waals surface area contributed by atoms with Crippen molar-refractivity contribution in [2.75, 3.05) is 0 Å². The highest BCUT2D eigenvalue weighted by atomic mass is 16.3. The third-order valence-electron chi connectivity index (χ3n) is 3.63. The number of benzene rings is 1. The first-order valence-corrected chi connectivity index (χ1v) is 6.61. The first-order chi connectivity index (χ1) is 8.72. The molecule has 1 aliphatic carbocycles. The Morgan fingerprint density at radius 1 is 1.33 bits per heavy atom. The van der Waals surface area contributed by atoms with Crippen LogP contribution < -0.4 is 0 Å². The Morgan fingerprint density at radius 3 is 2.89 bits per heavy atom. The van der Waals surface area contributed by atoms with Crippen molar-refractivity contribution < 1.29 is 5.11 Å². The van der Waals surface area contributed by atoms with E-state index in [-0.39, 0.29) is 6.10 Å². The van der Waals surface area contributed by atoms with Gasteiger partial charge < -0.3 is 9.67 Å². The smallest absolute Gasteiger partial charge is 0.0832 e. The molecule has 3 rings (SSSR count). The van der Waals surface area contributed by atoms with E-state index < -0.39 is 0 Å². The number of rotatable bonds is 4. The lowest BCUT2D eigenvalue weighted by Gasteiger charge is -2.07. The second-order valence-corrected chi connectivity index (χ2v) is 5.39.